The maximum absolute atomic E-state index is 12.7. The Bertz CT molecular complexity index is 474. The van der Waals surface area contributed by atoms with E-state index in [0.29, 0.717) is 12.1 Å². The summed E-state index contributed by atoms with van der Waals surface area (Å²) in [5, 5.41) is 5.74. The SMILES string of the molecule is CNC(C)CNC(=O)CC(C)c1cccc(C(F)(F)F)c1. The van der Waals surface area contributed by atoms with Crippen LogP contribution in [-0.4, -0.2) is 25.5 Å². The number of likely N-dealkylation sites (N-methyl/N-ethyl adjacent to an activating group) is 1. The molecule has 0 fully saturated rings. The summed E-state index contributed by atoms with van der Waals surface area (Å²) in [4.78, 5) is 11.8. The molecular weight excluding hydrogens is 281 g/mol. The summed E-state index contributed by atoms with van der Waals surface area (Å²) in [5.41, 5.74) is -0.169. The second-order valence-electron chi connectivity index (χ2n) is 5.22. The van der Waals surface area contributed by atoms with E-state index in [1.807, 2.05) is 6.92 Å². The van der Waals surface area contributed by atoms with Crippen LogP contribution in [0.3, 0.4) is 0 Å². The van der Waals surface area contributed by atoms with Gasteiger partial charge in [-0.15, -0.1) is 0 Å². The van der Waals surface area contributed by atoms with Crippen molar-refractivity contribution in [1.29, 1.82) is 0 Å². The molecule has 0 radical (unpaired) electrons. The molecule has 1 aromatic rings. The lowest BCUT2D eigenvalue weighted by atomic mass is 9.95. The quantitative estimate of drug-likeness (QED) is 0.848. The number of rotatable bonds is 6. The van der Waals surface area contributed by atoms with Crippen LogP contribution in [0.1, 0.15) is 37.3 Å². The van der Waals surface area contributed by atoms with Gasteiger partial charge in [-0.25, -0.2) is 0 Å². The smallest absolute Gasteiger partial charge is 0.355 e. The van der Waals surface area contributed by atoms with Gasteiger partial charge in [0.05, 0.1) is 5.56 Å². The molecular formula is C15H21F3N2O. The predicted octanol–water partition coefficient (Wildman–Crippen LogP) is 2.92. The average molecular weight is 302 g/mol. The highest BCUT2D eigenvalue weighted by Crippen LogP contribution is 2.31. The van der Waals surface area contributed by atoms with Crippen LogP contribution >= 0.6 is 0 Å². The van der Waals surface area contributed by atoms with E-state index in [0.717, 1.165) is 12.1 Å². The number of hydrogen-bond acceptors (Lipinski definition) is 2. The number of carbonyl (C=O) groups is 1. The third kappa shape index (κ3) is 5.75. The number of amides is 1. The van der Waals surface area contributed by atoms with E-state index in [1.54, 1.807) is 20.0 Å². The van der Waals surface area contributed by atoms with Gasteiger partial charge in [0.25, 0.3) is 0 Å². The summed E-state index contributed by atoms with van der Waals surface area (Å²) < 4.78 is 38.0. The van der Waals surface area contributed by atoms with Gasteiger partial charge in [-0.3, -0.25) is 4.79 Å². The third-order valence-corrected chi connectivity index (χ3v) is 3.37. The molecule has 1 aromatic carbocycles. The first-order valence-electron chi connectivity index (χ1n) is 6.85. The molecule has 6 heteroatoms. The summed E-state index contributed by atoms with van der Waals surface area (Å²) in [7, 11) is 1.79. The Morgan fingerprint density at radius 2 is 1.95 bits per heavy atom. The molecule has 1 amide bonds. The van der Waals surface area contributed by atoms with E-state index in [4.69, 9.17) is 0 Å². The van der Waals surface area contributed by atoms with Crippen LogP contribution in [0.25, 0.3) is 0 Å². The Balaban J connectivity index is 2.63. The highest BCUT2D eigenvalue weighted by molar-refractivity contribution is 5.76. The summed E-state index contributed by atoms with van der Waals surface area (Å²) >= 11 is 0. The van der Waals surface area contributed by atoms with E-state index >= 15 is 0 Å². The molecule has 0 bridgehead atoms. The highest BCUT2D eigenvalue weighted by atomic mass is 19.4. The van der Waals surface area contributed by atoms with E-state index in [-0.39, 0.29) is 24.3 Å². The molecule has 1 rings (SSSR count). The van der Waals surface area contributed by atoms with Crippen LogP contribution < -0.4 is 10.6 Å². The van der Waals surface area contributed by atoms with Gasteiger partial charge in [-0.2, -0.15) is 13.2 Å². The number of nitrogens with one attached hydrogen (secondary N) is 2. The molecule has 2 unspecified atom stereocenters. The van der Waals surface area contributed by atoms with Crippen LogP contribution in [-0.2, 0) is 11.0 Å². The lowest BCUT2D eigenvalue weighted by Crippen LogP contribution is -2.37. The molecule has 3 nitrogen and oxygen atoms in total. The average Bonchev–Trinajstić information content (AvgIpc) is 2.43. The van der Waals surface area contributed by atoms with Crippen molar-refractivity contribution in [3.8, 4) is 0 Å². The first-order chi connectivity index (χ1) is 9.74. The molecule has 21 heavy (non-hydrogen) atoms. The van der Waals surface area contributed by atoms with Crippen LogP contribution in [0.15, 0.2) is 24.3 Å². The minimum absolute atomic E-state index is 0.151. The van der Waals surface area contributed by atoms with Crippen molar-refractivity contribution < 1.29 is 18.0 Å². The number of carbonyl (C=O) groups excluding carboxylic acids is 1. The van der Waals surface area contributed by atoms with Crippen molar-refractivity contribution >= 4 is 5.91 Å². The fourth-order valence-corrected chi connectivity index (χ4v) is 1.86. The zero-order valence-corrected chi connectivity index (χ0v) is 12.4. The molecule has 2 atom stereocenters. The fraction of sp³-hybridized carbons (Fsp3) is 0.533. The van der Waals surface area contributed by atoms with Gasteiger partial charge in [0, 0.05) is 19.0 Å². The molecule has 0 aliphatic rings. The topological polar surface area (TPSA) is 41.1 Å². The van der Waals surface area contributed by atoms with Gasteiger partial charge in [-0.1, -0.05) is 25.1 Å². The van der Waals surface area contributed by atoms with Crippen molar-refractivity contribution in [1.82, 2.24) is 10.6 Å². The van der Waals surface area contributed by atoms with Gasteiger partial charge in [0.15, 0.2) is 0 Å². The normalized spacial score (nSPS) is 14.6. The first kappa shape index (κ1) is 17.5. The van der Waals surface area contributed by atoms with Crippen LogP contribution in [0, 0.1) is 0 Å². The Morgan fingerprint density at radius 1 is 1.29 bits per heavy atom. The van der Waals surface area contributed by atoms with E-state index < -0.39 is 11.7 Å². The van der Waals surface area contributed by atoms with Crippen molar-refractivity contribution in [3.05, 3.63) is 35.4 Å². The standard InChI is InChI=1S/C15H21F3N2O/c1-10(7-14(21)20-9-11(2)19-3)12-5-4-6-13(8-12)15(16,17)18/h4-6,8,10-11,19H,7,9H2,1-3H3,(H,20,21). The number of alkyl halides is 3. The lowest BCUT2D eigenvalue weighted by molar-refractivity contribution is -0.137. The molecule has 0 spiro atoms. The minimum atomic E-state index is -4.36. The zero-order valence-electron chi connectivity index (χ0n) is 12.4. The van der Waals surface area contributed by atoms with E-state index in [2.05, 4.69) is 10.6 Å². The second kappa shape index (κ2) is 7.45. The molecule has 0 aliphatic heterocycles. The molecule has 0 saturated heterocycles. The van der Waals surface area contributed by atoms with Gasteiger partial charge in [-0.05, 0) is 31.5 Å². The Morgan fingerprint density at radius 3 is 2.52 bits per heavy atom. The van der Waals surface area contributed by atoms with E-state index in [9.17, 15) is 18.0 Å². The van der Waals surface area contributed by atoms with Gasteiger partial charge >= 0.3 is 6.18 Å². The summed E-state index contributed by atoms with van der Waals surface area (Å²) in [6, 6.07) is 5.27. The number of benzene rings is 1. The number of hydrogen-bond donors (Lipinski definition) is 2. The molecule has 2 N–H and O–H groups in total. The first-order valence-corrected chi connectivity index (χ1v) is 6.85. The van der Waals surface area contributed by atoms with Crippen molar-refractivity contribution in [3.63, 3.8) is 0 Å². The summed E-state index contributed by atoms with van der Waals surface area (Å²) in [6.07, 6.45) is -4.20. The largest absolute Gasteiger partial charge is 0.416 e. The Labute approximate surface area is 122 Å². The minimum Gasteiger partial charge on any atom is -0.355 e. The van der Waals surface area contributed by atoms with Gasteiger partial charge < -0.3 is 10.6 Å². The van der Waals surface area contributed by atoms with Crippen LogP contribution in [0.2, 0.25) is 0 Å². The molecule has 0 aliphatic carbocycles. The molecule has 0 heterocycles. The second-order valence-corrected chi connectivity index (χ2v) is 5.22. The molecule has 118 valence electrons. The van der Waals surface area contributed by atoms with Crippen molar-refractivity contribution in [2.75, 3.05) is 13.6 Å². The highest BCUT2D eigenvalue weighted by Gasteiger charge is 2.30. The molecule has 0 aromatic heterocycles. The van der Waals surface area contributed by atoms with Crippen LogP contribution in [0.4, 0.5) is 13.2 Å². The number of halogens is 3. The fourth-order valence-electron chi connectivity index (χ4n) is 1.86. The Hall–Kier alpha value is -1.56. The predicted molar refractivity (Wildman–Crippen MR) is 76.0 cm³/mol. The van der Waals surface area contributed by atoms with Crippen molar-refractivity contribution in [2.24, 2.45) is 0 Å². The lowest BCUT2D eigenvalue weighted by Gasteiger charge is -2.16. The van der Waals surface area contributed by atoms with Crippen LogP contribution in [0.5, 0.6) is 0 Å². The van der Waals surface area contributed by atoms with E-state index in [1.165, 1.54) is 6.07 Å². The summed E-state index contributed by atoms with van der Waals surface area (Å²) in [6.45, 7) is 4.16. The Kier molecular flexibility index (Phi) is 6.20. The maximum atomic E-state index is 12.7. The monoisotopic (exact) mass is 302 g/mol. The molecule has 0 saturated carbocycles. The summed E-state index contributed by atoms with van der Waals surface area (Å²) in [5.74, 6) is -0.431. The zero-order chi connectivity index (χ0) is 16.0. The van der Waals surface area contributed by atoms with Crippen molar-refractivity contribution in [2.45, 2.75) is 38.4 Å². The third-order valence-electron chi connectivity index (χ3n) is 3.37. The van der Waals surface area contributed by atoms with Gasteiger partial charge in [0.1, 0.15) is 0 Å². The maximum Gasteiger partial charge on any atom is 0.416 e. The van der Waals surface area contributed by atoms with Gasteiger partial charge in [0.2, 0.25) is 5.91 Å².